The monoisotopic (exact) mass is 348 g/mol. The number of urea groups is 1. The Morgan fingerprint density at radius 1 is 0.885 bits per heavy atom. The average molecular weight is 348 g/mol. The zero-order chi connectivity index (χ0) is 18.4. The van der Waals surface area contributed by atoms with Gasteiger partial charge in [0.25, 0.3) is 5.91 Å². The van der Waals surface area contributed by atoms with E-state index in [1.807, 2.05) is 47.2 Å². The molecule has 0 atom stereocenters. The van der Waals surface area contributed by atoms with E-state index < -0.39 is 0 Å². The molecule has 0 aliphatic heterocycles. The molecule has 26 heavy (non-hydrogen) atoms. The van der Waals surface area contributed by atoms with E-state index in [9.17, 15) is 9.59 Å². The number of carbonyl (C=O) groups excluding carboxylic acids is 2. The highest BCUT2D eigenvalue weighted by molar-refractivity contribution is 6.03. The van der Waals surface area contributed by atoms with Crippen LogP contribution in [0.2, 0.25) is 0 Å². The number of hydrogen-bond acceptors (Lipinski definition) is 2. The van der Waals surface area contributed by atoms with E-state index >= 15 is 0 Å². The first-order chi connectivity index (χ1) is 12.7. The molecule has 3 aromatic rings. The molecule has 2 aromatic carbocycles. The molecule has 1 heterocycles. The average Bonchev–Trinajstić information content (AvgIpc) is 3.11. The molecule has 3 amide bonds. The van der Waals surface area contributed by atoms with E-state index in [4.69, 9.17) is 0 Å². The van der Waals surface area contributed by atoms with E-state index in [1.54, 1.807) is 37.4 Å². The van der Waals surface area contributed by atoms with Crippen molar-refractivity contribution in [2.45, 2.75) is 6.54 Å². The van der Waals surface area contributed by atoms with Gasteiger partial charge in [-0.05, 0) is 35.9 Å². The minimum Gasteiger partial charge on any atom is -0.341 e. The van der Waals surface area contributed by atoms with Gasteiger partial charge in [-0.15, -0.1) is 0 Å². The summed E-state index contributed by atoms with van der Waals surface area (Å²) < 4.78 is 1.90. The van der Waals surface area contributed by atoms with Crippen molar-refractivity contribution >= 4 is 23.3 Å². The van der Waals surface area contributed by atoms with Crippen molar-refractivity contribution in [2.75, 3.05) is 17.7 Å². The highest BCUT2D eigenvalue weighted by Gasteiger charge is 2.12. The molecule has 0 fully saturated rings. The third kappa shape index (κ3) is 4.30. The number of anilines is 2. The molecule has 1 aromatic heterocycles. The summed E-state index contributed by atoms with van der Waals surface area (Å²) in [6, 6.07) is 20.3. The molecule has 3 rings (SSSR count). The second-order valence-corrected chi connectivity index (χ2v) is 5.75. The number of carbonyl (C=O) groups is 2. The number of rotatable bonds is 5. The van der Waals surface area contributed by atoms with Crippen molar-refractivity contribution in [1.29, 1.82) is 0 Å². The predicted octanol–water partition coefficient (Wildman–Crippen LogP) is 3.54. The van der Waals surface area contributed by atoms with Crippen molar-refractivity contribution in [3.63, 3.8) is 0 Å². The van der Waals surface area contributed by atoms with Crippen LogP contribution in [0.1, 0.15) is 16.1 Å². The first kappa shape index (κ1) is 17.3. The second kappa shape index (κ2) is 8.02. The summed E-state index contributed by atoms with van der Waals surface area (Å²) in [5.74, 6) is -0.206. The molecular weight excluding hydrogens is 328 g/mol. The van der Waals surface area contributed by atoms with E-state index in [1.165, 1.54) is 0 Å². The highest BCUT2D eigenvalue weighted by Crippen LogP contribution is 2.17. The standard InChI is InChI=1S/C20H20N4O2/c1-21-20(26)23-17-10-5-9-16(13-17)22-19(25)18-11-6-12-24(18)14-15-7-3-2-4-8-15/h2-13H,14H2,1H3,(H,22,25)(H2,21,23,26). The van der Waals surface area contributed by atoms with Gasteiger partial charge in [-0.1, -0.05) is 36.4 Å². The summed E-state index contributed by atoms with van der Waals surface area (Å²) in [7, 11) is 1.54. The van der Waals surface area contributed by atoms with Gasteiger partial charge in [-0.25, -0.2) is 4.79 Å². The minimum absolute atomic E-state index is 0.206. The third-order valence-electron chi connectivity index (χ3n) is 3.86. The number of nitrogens with one attached hydrogen (secondary N) is 3. The van der Waals surface area contributed by atoms with Crippen LogP contribution < -0.4 is 16.0 Å². The van der Waals surface area contributed by atoms with Crippen LogP contribution in [0.15, 0.2) is 72.9 Å². The maximum Gasteiger partial charge on any atom is 0.318 e. The number of amides is 3. The number of benzene rings is 2. The van der Waals surface area contributed by atoms with E-state index in [0.29, 0.717) is 23.6 Å². The third-order valence-corrected chi connectivity index (χ3v) is 3.86. The Kier molecular flexibility index (Phi) is 5.34. The summed E-state index contributed by atoms with van der Waals surface area (Å²) in [6.07, 6.45) is 1.88. The Morgan fingerprint density at radius 3 is 2.35 bits per heavy atom. The lowest BCUT2D eigenvalue weighted by molar-refractivity contribution is 0.101. The molecule has 6 nitrogen and oxygen atoms in total. The Bertz CT molecular complexity index is 903. The lowest BCUT2D eigenvalue weighted by Crippen LogP contribution is -2.24. The smallest absolute Gasteiger partial charge is 0.318 e. The summed E-state index contributed by atoms with van der Waals surface area (Å²) in [6.45, 7) is 0.620. The molecule has 0 saturated carbocycles. The molecular formula is C20H20N4O2. The maximum absolute atomic E-state index is 12.6. The minimum atomic E-state index is -0.315. The van der Waals surface area contributed by atoms with Gasteiger partial charge in [-0.2, -0.15) is 0 Å². The lowest BCUT2D eigenvalue weighted by atomic mass is 10.2. The van der Waals surface area contributed by atoms with Gasteiger partial charge in [0.1, 0.15) is 5.69 Å². The quantitative estimate of drug-likeness (QED) is 0.660. The van der Waals surface area contributed by atoms with Crippen LogP contribution in [0.5, 0.6) is 0 Å². The van der Waals surface area contributed by atoms with Crippen molar-refractivity contribution in [1.82, 2.24) is 9.88 Å². The van der Waals surface area contributed by atoms with Gasteiger partial charge in [0.15, 0.2) is 0 Å². The molecule has 0 spiro atoms. The molecule has 0 aliphatic rings. The van der Waals surface area contributed by atoms with Crippen molar-refractivity contribution in [3.05, 3.63) is 84.2 Å². The number of hydrogen-bond donors (Lipinski definition) is 3. The SMILES string of the molecule is CNC(=O)Nc1cccc(NC(=O)c2cccn2Cc2ccccc2)c1. The molecule has 0 radical (unpaired) electrons. The normalized spacial score (nSPS) is 10.2. The van der Waals surface area contributed by atoms with Crippen LogP contribution in [0, 0.1) is 0 Å². The fourth-order valence-electron chi connectivity index (χ4n) is 2.60. The molecule has 3 N–H and O–H groups in total. The Hall–Kier alpha value is -3.54. The van der Waals surface area contributed by atoms with Gasteiger partial charge in [0.2, 0.25) is 0 Å². The summed E-state index contributed by atoms with van der Waals surface area (Å²) >= 11 is 0. The summed E-state index contributed by atoms with van der Waals surface area (Å²) in [5.41, 5.74) is 2.89. The van der Waals surface area contributed by atoms with E-state index in [-0.39, 0.29) is 11.9 Å². The Morgan fingerprint density at radius 2 is 1.62 bits per heavy atom. The summed E-state index contributed by atoms with van der Waals surface area (Å²) in [4.78, 5) is 24.1. The van der Waals surface area contributed by atoms with Crippen LogP contribution >= 0.6 is 0 Å². The van der Waals surface area contributed by atoms with Crippen LogP contribution in [0.25, 0.3) is 0 Å². The molecule has 0 bridgehead atoms. The van der Waals surface area contributed by atoms with Crippen LogP contribution in [0.3, 0.4) is 0 Å². The molecule has 6 heteroatoms. The molecule has 132 valence electrons. The summed E-state index contributed by atoms with van der Waals surface area (Å²) in [5, 5.41) is 8.03. The Labute approximate surface area is 151 Å². The van der Waals surface area contributed by atoms with Crippen LogP contribution in [-0.2, 0) is 6.54 Å². The van der Waals surface area contributed by atoms with Gasteiger partial charge < -0.3 is 20.5 Å². The van der Waals surface area contributed by atoms with Crippen LogP contribution in [0.4, 0.5) is 16.2 Å². The van der Waals surface area contributed by atoms with Gasteiger partial charge in [-0.3, -0.25) is 4.79 Å². The van der Waals surface area contributed by atoms with Crippen molar-refractivity contribution in [3.8, 4) is 0 Å². The van der Waals surface area contributed by atoms with Gasteiger partial charge >= 0.3 is 6.03 Å². The van der Waals surface area contributed by atoms with Gasteiger partial charge in [0.05, 0.1) is 0 Å². The lowest BCUT2D eigenvalue weighted by Gasteiger charge is -2.11. The van der Waals surface area contributed by atoms with E-state index in [2.05, 4.69) is 16.0 Å². The van der Waals surface area contributed by atoms with Crippen molar-refractivity contribution in [2.24, 2.45) is 0 Å². The number of nitrogens with zero attached hydrogens (tertiary/aromatic N) is 1. The largest absolute Gasteiger partial charge is 0.341 e. The maximum atomic E-state index is 12.6. The van der Waals surface area contributed by atoms with E-state index in [0.717, 1.165) is 5.56 Å². The zero-order valence-electron chi connectivity index (χ0n) is 14.4. The highest BCUT2D eigenvalue weighted by atomic mass is 16.2. The molecule has 0 aliphatic carbocycles. The first-order valence-corrected chi connectivity index (χ1v) is 8.25. The van der Waals surface area contributed by atoms with Crippen molar-refractivity contribution < 1.29 is 9.59 Å². The predicted molar refractivity (Wildman–Crippen MR) is 102 cm³/mol. The number of aromatic nitrogens is 1. The van der Waals surface area contributed by atoms with Crippen LogP contribution in [-0.4, -0.2) is 23.6 Å². The fourth-order valence-corrected chi connectivity index (χ4v) is 2.60. The first-order valence-electron chi connectivity index (χ1n) is 8.25. The fraction of sp³-hybridized carbons (Fsp3) is 0.100. The molecule has 0 unspecified atom stereocenters. The van der Waals surface area contributed by atoms with Gasteiger partial charge in [0, 0.05) is 31.2 Å². The topological polar surface area (TPSA) is 75.2 Å². The molecule has 0 saturated heterocycles. The second-order valence-electron chi connectivity index (χ2n) is 5.75. The zero-order valence-corrected chi connectivity index (χ0v) is 14.4. The Balaban J connectivity index is 1.72.